The Kier molecular flexibility index (Phi) is 4.83. The van der Waals surface area contributed by atoms with Crippen LogP contribution >= 0.6 is 0 Å². The molecule has 4 aromatic rings. The van der Waals surface area contributed by atoms with E-state index in [0.717, 1.165) is 59.4 Å². The number of benzene rings is 2. The normalized spacial score (nSPS) is 16.1. The van der Waals surface area contributed by atoms with Crippen LogP contribution in [0.3, 0.4) is 0 Å². The molecule has 1 fully saturated rings. The second-order valence-corrected chi connectivity index (χ2v) is 7.88. The Morgan fingerprint density at radius 1 is 1.07 bits per heavy atom. The summed E-state index contributed by atoms with van der Waals surface area (Å²) in [6.45, 7) is 3.56. The van der Waals surface area contributed by atoms with Crippen molar-refractivity contribution in [2.24, 2.45) is 5.92 Å². The SMILES string of the molecule is C[C@@H](NC(=O)C1CCN(c2ncnc3c2oc2ccccc23)CC1)c1ccccc1. The van der Waals surface area contributed by atoms with Gasteiger partial charge in [0.25, 0.3) is 0 Å². The van der Waals surface area contributed by atoms with E-state index in [1.165, 1.54) is 0 Å². The van der Waals surface area contributed by atoms with E-state index in [1.54, 1.807) is 6.33 Å². The number of nitrogens with one attached hydrogen (secondary N) is 1. The second-order valence-electron chi connectivity index (χ2n) is 7.88. The van der Waals surface area contributed by atoms with Gasteiger partial charge in [0.05, 0.1) is 6.04 Å². The summed E-state index contributed by atoms with van der Waals surface area (Å²) in [5.41, 5.74) is 3.50. The fourth-order valence-electron chi connectivity index (χ4n) is 4.25. The lowest BCUT2D eigenvalue weighted by atomic mass is 9.95. The van der Waals surface area contributed by atoms with E-state index in [4.69, 9.17) is 4.42 Å². The quantitative estimate of drug-likeness (QED) is 0.547. The highest BCUT2D eigenvalue weighted by Gasteiger charge is 2.28. The molecule has 30 heavy (non-hydrogen) atoms. The molecule has 6 nitrogen and oxygen atoms in total. The topological polar surface area (TPSA) is 71.3 Å². The molecule has 1 atom stereocenters. The molecule has 5 rings (SSSR count). The lowest BCUT2D eigenvalue weighted by Crippen LogP contribution is -2.41. The maximum absolute atomic E-state index is 12.8. The van der Waals surface area contributed by atoms with Crippen LogP contribution in [0.25, 0.3) is 22.1 Å². The zero-order valence-corrected chi connectivity index (χ0v) is 16.9. The van der Waals surface area contributed by atoms with Crippen molar-refractivity contribution in [3.05, 3.63) is 66.5 Å². The summed E-state index contributed by atoms with van der Waals surface area (Å²) in [5, 5.41) is 4.17. The number of anilines is 1. The predicted molar refractivity (Wildman–Crippen MR) is 117 cm³/mol. The molecule has 3 heterocycles. The first-order chi connectivity index (χ1) is 14.7. The summed E-state index contributed by atoms with van der Waals surface area (Å²) in [7, 11) is 0. The van der Waals surface area contributed by atoms with Crippen LogP contribution in [0.1, 0.15) is 31.4 Å². The van der Waals surface area contributed by atoms with Crippen LogP contribution in [0.4, 0.5) is 5.82 Å². The number of rotatable bonds is 4. The highest BCUT2D eigenvalue weighted by Crippen LogP contribution is 2.33. The lowest BCUT2D eigenvalue weighted by molar-refractivity contribution is -0.126. The summed E-state index contributed by atoms with van der Waals surface area (Å²) in [6, 6.07) is 18.0. The highest BCUT2D eigenvalue weighted by atomic mass is 16.3. The summed E-state index contributed by atoms with van der Waals surface area (Å²) < 4.78 is 6.07. The van der Waals surface area contributed by atoms with E-state index in [1.807, 2.05) is 61.5 Å². The van der Waals surface area contributed by atoms with E-state index in [9.17, 15) is 4.79 Å². The van der Waals surface area contributed by atoms with Gasteiger partial charge in [0.15, 0.2) is 11.4 Å². The van der Waals surface area contributed by atoms with Crippen molar-refractivity contribution in [1.82, 2.24) is 15.3 Å². The number of hydrogen-bond donors (Lipinski definition) is 1. The van der Waals surface area contributed by atoms with Crippen molar-refractivity contribution in [3.8, 4) is 0 Å². The molecule has 0 unspecified atom stereocenters. The minimum Gasteiger partial charge on any atom is -0.450 e. The molecule has 0 radical (unpaired) electrons. The van der Waals surface area contributed by atoms with Crippen molar-refractivity contribution < 1.29 is 9.21 Å². The highest BCUT2D eigenvalue weighted by molar-refractivity contribution is 6.05. The van der Waals surface area contributed by atoms with E-state index < -0.39 is 0 Å². The third kappa shape index (κ3) is 3.38. The molecule has 0 saturated carbocycles. The molecule has 0 bridgehead atoms. The van der Waals surface area contributed by atoms with E-state index >= 15 is 0 Å². The Labute approximate surface area is 174 Å². The summed E-state index contributed by atoms with van der Waals surface area (Å²) in [5.74, 6) is 0.954. The smallest absolute Gasteiger partial charge is 0.223 e. The average Bonchev–Trinajstić information content (AvgIpc) is 3.18. The molecular formula is C24H24N4O2. The van der Waals surface area contributed by atoms with Crippen LogP contribution in [-0.2, 0) is 4.79 Å². The van der Waals surface area contributed by atoms with Crippen molar-refractivity contribution in [2.45, 2.75) is 25.8 Å². The number of nitrogens with zero attached hydrogens (tertiary/aromatic N) is 3. The molecule has 1 aliphatic heterocycles. The Morgan fingerprint density at radius 3 is 2.60 bits per heavy atom. The number of furan rings is 1. The first-order valence-corrected chi connectivity index (χ1v) is 10.4. The molecule has 0 aliphatic carbocycles. The lowest BCUT2D eigenvalue weighted by Gasteiger charge is -2.32. The fraction of sp³-hybridized carbons (Fsp3) is 0.292. The van der Waals surface area contributed by atoms with Gasteiger partial charge >= 0.3 is 0 Å². The largest absolute Gasteiger partial charge is 0.450 e. The number of hydrogen-bond acceptors (Lipinski definition) is 5. The monoisotopic (exact) mass is 400 g/mol. The number of para-hydroxylation sites is 1. The number of carbonyl (C=O) groups is 1. The maximum Gasteiger partial charge on any atom is 0.223 e. The van der Waals surface area contributed by atoms with Crippen LogP contribution in [0.5, 0.6) is 0 Å². The Morgan fingerprint density at radius 2 is 1.80 bits per heavy atom. The van der Waals surface area contributed by atoms with Crippen molar-refractivity contribution in [2.75, 3.05) is 18.0 Å². The average molecular weight is 400 g/mol. The van der Waals surface area contributed by atoms with Crippen molar-refractivity contribution in [1.29, 1.82) is 0 Å². The minimum atomic E-state index is 0.00812. The van der Waals surface area contributed by atoms with Gasteiger partial charge in [-0.05, 0) is 37.5 Å². The molecule has 1 amide bonds. The van der Waals surface area contributed by atoms with Gasteiger partial charge in [-0.25, -0.2) is 9.97 Å². The molecular weight excluding hydrogens is 376 g/mol. The van der Waals surface area contributed by atoms with E-state index in [2.05, 4.69) is 20.2 Å². The zero-order valence-electron chi connectivity index (χ0n) is 16.9. The summed E-state index contributed by atoms with van der Waals surface area (Å²) in [4.78, 5) is 23.9. The second kappa shape index (κ2) is 7.78. The number of amides is 1. The van der Waals surface area contributed by atoms with E-state index in [-0.39, 0.29) is 17.9 Å². The van der Waals surface area contributed by atoms with Gasteiger partial charge in [-0.15, -0.1) is 0 Å². The molecule has 6 heteroatoms. The molecule has 1 saturated heterocycles. The molecule has 0 spiro atoms. The van der Waals surface area contributed by atoms with Crippen LogP contribution in [0.15, 0.2) is 65.3 Å². The number of carbonyl (C=O) groups excluding carboxylic acids is 1. The zero-order chi connectivity index (χ0) is 20.5. The standard InChI is InChI=1S/C24H24N4O2/c1-16(17-7-3-2-4-8-17)27-24(29)18-11-13-28(14-12-18)23-22-21(25-15-26-23)19-9-5-6-10-20(19)30-22/h2-10,15-16,18H,11-14H2,1H3,(H,27,29)/t16-/m1/s1. The molecule has 2 aromatic heterocycles. The summed E-state index contributed by atoms with van der Waals surface area (Å²) in [6.07, 6.45) is 3.18. The molecule has 152 valence electrons. The Hall–Kier alpha value is -3.41. The van der Waals surface area contributed by atoms with Crippen molar-refractivity contribution in [3.63, 3.8) is 0 Å². The third-order valence-corrected chi connectivity index (χ3v) is 5.96. The number of aromatic nitrogens is 2. The first kappa shape index (κ1) is 18.6. The molecule has 1 N–H and O–H groups in total. The number of fused-ring (bicyclic) bond motifs is 3. The molecule has 1 aliphatic rings. The van der Waals surface area contributed by atoms with Gasteiger partial charge in [0.2, 0.25) is 5.91 Å². The molecule has 2 aromatic carbocycles. The van der Waals surface area contributed by atoms with Gasteiger partial charge in [-0.3, -0.25) is 4.79 Å². The van der Waals surface area contributed by atoms with Crippen LogP contribution < -0.4 is 10.2 Å². The van der Waals surface area contributed by atoms with Gasteiger partial charge in [-0.2, -0.15) is 0 Å². The van der Waals surface area contributed by atoms with Gasteiger partial charge in [0, 0.05) is 24.4 Å². The Balaban J connectivity index is 1.29. The number of piperidine rings is 1. The predicted octanol–water partition coefficient (Wildman–Crippen LogP) is 4.47. The summed E-state index contributed by atoms with van der Waals surface area (Å²) >= 11 is 0. The maximum atomic E-state index is 12.8. The Bertz CT molecular complexity index is 1180. The van der Waals surface area contributed by atoms with Crippen LogP contribution in [0, 0.1) is 5.92 Å². The van der Waals surface area contributed by atoms with Crippen molar-refractivity contribution >= 4 is 33.8 Å². The van der Waals surface area contributed by atoms with Crippen LogP contribution in [0.2, 0.25) is 0 Å². The van der Waals surface area contributed by atoms with Gasteiger partial charge in [-0.1, -0.05) is 42.5 Å². The third-order valence-electron chi connectivity index (χ3n) is 5.96. The van der Waals surface area contributed by atoms with Crippen LogP contribution in [-0.4, -0.2) is 29.0 Å². The van der Waals surface area contributed by atoms with E-state index in [0.29, 0.717) is 0 Å². The first-order valence-electron chi connectivity index (χ1n) is 10.4. The minimum absolute atomic E-state index is 0.00812. The van der Waals surface area contributed by atoms with Gasteiger partial charge < -0.3 is 14.6 Å². The fourth-order valence-corrected chi connectivity index (χ4v) is 4.25. The van der Waals surface area contributed by atoms with Gasteiger partial charge in [0.1, 0.15) is 17.4 Å².